The molecule has 4 rings (SSSR count). The second-order valence-electron chi connectivity index (χ2n) is 8.56. The normalized spacial score (nSPS) is 17.8. The van der Waals surface area contributed by atoms with Crippen LogP contribution >= 0.6 is 11.6 Å². The second kappa shape index (κ2) is 11.2. The molecule has 1 aliphatic rings. The third-order valence-electron chi connectivity index (χ3n) is 6.06. The summed E-state index contributed by atoms with van der Waals surface area (Å²) in [6, 6.07) is 22.4. The lowest BCUT2D eigenvalue weighted by molar-refractivity contribution is -0.132. The topological polar surface area (TPSA) is 62.7 Å². The molecule has 0 bridgehead atoms. The fourth-order valence-corrected chi connectivity index (χ4v) is 4.34. The highest BCUT2D eigenvalue weighted by atomic mass is 35.5. The van der Waals surface area contributed by atoms with Crippen molar-refractivity contribution in [1.29, 1.82) is 0 Å². The minimum Gasteiger partial charge on any atom is -0.490 e. The molecule has 6 nitrogen and oxygen atoms in total. The third kappa shape index (κ3) is 6.14. The van der Waals surface area contributed by atoms with Crippen LogP contribution in [0.25, 0.3) is 0 Å². The van der Waals surface area contributed by atoms with E-state index in [9.17, 15) is 9.59 Å². The molecule has 7 heteroatoms. The number of hydrogen-bond acceptors (Lipinski definition) is 4. The zero-order valence-corrected chi connectivity index (χ0v) is 19.9. The molecular formula is C27H28ClN3O3. The van der Waals surface area contributed by atoms with Crippen LogP contribution in [-0.4, -0.2) is 52.8 Å². The Labute approximate surface area is 205 Å². The highest BCUT2D eigenvalue weighted by Gasteiger charge is 2.35. The van der Waals surface area contributed by atoms with Crippen molar-refractivity contribution >= 4 is 23.4 Å². The summed E-state index contributed by atoms with van der Waals surface area (Å²) >= 11 is 6.01. The maximum absolute atomic E-state index is 13.1. The molecule has 176 valence electrons. The Morgan fingerprint density at radius 3 is 2.50 bits per heavy atom. The Bertz CT molecular complexity index is 1090. The second-order valence-corrected chi connectivity index (χ2v) is 9.00. The Kier molecular flexibility index (Phi) is 7.80. The molecule has 1 aliphatic heterocycles. The van der Waals surface area contributed by atoms with Gasteiger partial charge >= 0.3 is 0 Å². The van der Waals surface area contributed by atoms with Crippen molar-refractivity contribution < 1.29 is 14.3 Å². The quantitative estimate of drug-likeness (QED) is 0.495. The van der Waals surface area contributed by atoms with E-state index in [2.05, 4.69) is 4.98 Å². The van der Waals surface area contributed by atoms with Crippen LogP contribution in [0, 0.1) is 5.92 Å². The first-order valence-corrected chi connectivity index (χ1v) is 11.8. The van der Waals surface area contributed by atoms with Crippen LogP contribution in [0.1, 0.15) is 28.9 Å². The van der Waals surface area contributed by atoms with Crippen molar-refractivity contribution in [2.45, 2.75) is 25.5 Å². The maximum atomic E-state index is 13.1. The van der Waals surface area contributed by atoms with Crippen LogP contribution < -0.4 is 4.74 Å². The van der Waals surface area contributed by atoms with E-state index in [1.54, 1.807) is 46.3 Å². The SMILES string of the molecule is CN(Cc1ccccc1)C(=O)C[C@H]1CN(C(=O)c2ccccn2)CC[C@@H]1Oc1ccc(Cl)cc1. The van der Waals surface area contributed by atoms with E-state index in [1.807, 2.05) is 49.5 Å². The number of hydrogen-bond donors (Lipinski definition) is 0. The first kappa shape index (κ1) is 23.8. The van der Waals surface area contributed by atoms with E-state index >= 15 is 0 Å². The number of ether oxygens (including phenoxy) is 1. The smallest absolute Gasteiger partial charge is 0.272 e. The van der Waals surface area contributed by atoms with Crippen LogP contribution in [0.15, 0.2) is 79.0 Å². The molecule has 2 atom stereocenters. The van der Waals surface area contributed by atoms with Crippen molar-refractivity contribution in [3.05, 3.63) is 95.3 Å². The predicted octanol–water partition coefficient (Wildman–Crippen LogP) is 4.69. The molecular weight excluding hydrogens is 450 g/mol. The Hall–Kier alpha value is -3.38. The number of pyridine rings is 1. The minimum atomic E-state index is -0.192. The van der Waals surface area contributed by atoms with Gasteiger partial charge in [0, 0.05) is 56.7 Å². The Morgan fingerprint density at radius 1 is 1.06 bits per heavy atom. The summed E-state index contributed by atoms with van der Waals surface area (Å²) in [5.41, 5.74) is 1.48. The van der Waals surface area contributed by atoms with Gasteiger partial charge in [0.2, 0.25) is 5.91 Å². The molecule has 2 aromatic carbocycles. The number of piperidine rings is 1. The standard InChI is InChI=1S/C27H28ClN3O3/c1-30(18-20-7-3-2-4-8-20)26(32)17-21-19-31(27(33)24-9-5-6-15-29-24)16-14-25(21)34-23-12-10-22(28)11-13-23/h2-13,15,21,25H,14,16-19H2,1H3/t21-,25-/m0/s1. The summed E-state index contributed by atoms with van der Waals surface area (Å²) in [5, 5.41) is 0.636. The summed E-state index contributed by atoms with van der Waals surface area (Å²) in [7, 11) is 1.81. The molecule has 1 aromatic heterocycles. The van der Waals surface area contributed by atoms with Crippen LogP contribution in [0.3, 0.4) is 0 Å². The van der Waals surface area contributed by atoms with Gasteiger partial charge in [0.1, 0.15) is 17.5 Å². The van der Waals surface area contributed by atoms with Gasteiger partial charge in [0.05, 0.1) is 0 Å². The molecule has 34 heavy (non-hydrogen) atoms. The van der Waals surface area contributed by atoms with Crippen molar-refractivity contribution in [3.63, 3.8) is 0 Å². The van der Waals surface area contributed by atoms with Crippen LogP contribution in [-0.2, 0) is 11.3 Å². The molecule has 1 saturated heterocycles. The number of benzene rings is 2. The first-order valence-electron chi connectivity index (χ1n) is 11.4. The van der Waals surface area contributed by atoms with Gasteiger partial charge in [-0.05, 0) is 42.0 Å². The van der Waals surface area contributed by atoms with Gasteiger partial charge in [-0.3, -0.25) is 14.6 Å². The molecule has 0 N–H and O–H groups in total. The molecule has 0 aliphatic carbocycles. The molecule has 3 aromatic rings. The van der Waals surface area contributed by atoms with Gasteiger partial charge in [-0.25, -0.2) is 0 Å². The summed E-state index contributed by atoms with van der Waals surface area (Å²) in [5.74, 6) is 0.447. The number of nitrogens with zero attached hydrogens (tertiary/aromatic N) is 3. The van der Waals surface area contributed by atoms with Crippen LogP contribution in [0.4, 0.5) is 0 Å². The van der Waals surface area contributed by atoms with Gasteiger partial charge in [-0.1, -0.05) is 48.0 Å². The fourth-order valence-electron chi connectivity index (χ4n) is 4.21. The predicted molar refractivity (Wildman–Crippen MR) is 132 cm³/mol. The van der Waals surface area contributed by atoms with Crippen molar-refractivity contribution in [2.24, 2.45) is 5.92 Å². The summed E-state index contributed by atoms with van der Waals surface area (Å²) < 4.78 is 6.27. The molecule has 0 saturated carbocycles. The zero-order valence-electron chi connectivity index (χ0n) is 19.1. The summed E-state index contributed by atoms with van der Waals surface area (Å²) in [6.07, 6.45) is 2.33. The number of aromatic nitrogens is 1. The van der Waals surface area contributed by atoms with Crippen LogP contribution in [0.2, 0.25) is 5.02 Å². The Morgan fingerprint density at radius 2 is 1.79 bits per heavy atom. The lowest BCUT2D eigenvalue weighted by atomic mass is 9.90. The Balaban J connectivity index is 1.47. The van der Waals surface area contributed by atoms with Crippen molar-refractivity contribution in [2.75, 3.05) is 20.1 Å². The highest BCUT2D eigenvalue weighted by Crippen LogP contribution is 2.28. The van der Waals surface area contributed by atoms with E-state index in [0.29, 0.717) is 42.5 Å². The van der Waals surface area contributed by atoms with E-state index in [4.69, 9.17) is 16.3 Å². The van der Waals surface area contributed by atoms with E-state index < -0.39 is 0 Å². The average Bonchev–Trinajstić information content (AvgIpc) is 2.87. The van der Waals surface area contributed by atoms with Crippen molar-refractivity contribution in [1.82, 2.24) is 14.8 Å². The van der Waals surface area contributed by atoms with Gasteiger partial charge in [0.15, 0.2) is 0 Å². The molecule has 0 unspecified atom stereocenters. The summed E-state index contributed by atoms with van der Waals surface area (Å²) in [4.78, 5) is 33.9. The number of amides is 2. The molecule has 2 amide bonds. The number of rotatable bonds is 7. The van der Waals surface area contributed by atoms with E-state index in [0.717, 1.165) is 5.56 Å². The highest BCUT2D eigenvalue weighted by molar-refractivity contribution is 6.30. The van der Waals surface area contributed by atoms with Gasteiger partial charge in [-0.15, -0.1) is 0 Å². The lowest BCUT2D eigenvalue weighted by Gasteiger charge is -2.38. The number of carbonyl (C=O) groups excluding carboxylic acids is 2. The average molecular weight is 478 g/mol. The van der Waals surface area contributed by atoms with Gasteiger partial charge < -0.3 is 14.5 Å². The van der Waals surface area contributed by atoms with Crippen molar-refractivity contribution in [3.8, 4) is 5.75 Å². The van der Waals surface area contributed by atoms with E-state index in [-0.39, 0.29) is 30.3 Å². The number of halogens is 1. The molecule has 1 fully saturated rings. The number of likely N-dealkylation sites (tertiary alicyclic amines) is 1. The largest absolute Gasteiger partial charge is 0.490 e. The zero-order chi connectivity index (χ0) is 23.9. The summed E-state index contributed by atoms with van der Waals surface area (Å²) in [6.45, 7) is 1.50. The fraction of sp³-hybridized carbons (Fsp3) is 0.296. The van der Waals surface area contributed by atoms with Crippen LogP contribution in [0.5, 0.6) is 5.75 Å². The lowest BCUT2D eigenvalue weighted by Crippen LogP contribution is -2.49. The van der Waals surface area contributed by atoms with Gasteiger partial charge in [0.25, 0.3) is 5.91 Å². The first-order chi connectivity index (χ1) is 16.5. The van der Waals surface area contributed by atoms with E-state index in [1.165, 1.54) is 0 Å². The molecule has 0 radical (unpaired) electrons. The number of carbonyl (C=O) groups is 2. The molecule has 0 spiro atoms. The van der Waals surface area contributed by atoms with Gasteiger partial charge in [-0.2, -0.15) is 0 Å². The molecule has 2 heterocycles. The maximum Gasteiger partial charge on any atom is 0.272 e. The minimum absolute atomic E-state index is 0.0192. The third-order valence-corrected chi connectivity index (χ3v) is 6.31. The monoisotopic (exact) mass is 477 g/mol.